The minimum Gasteiger partial charge on any atom is -0.237 e. The number of pyridine rings is 1. The second kappa shape index (κ2) is 19.7. The molecule has 0 aliphatic carbocycles. The third-order valence-electron chi connectivity index (χ3n) is 7.99. The van der Waals surface area contributed by atoms with E-state index in [2.05, 4.69) is 162 Å². The number of benzene rings is 3. The molecule has 0 aliphatic heterocycles. The molecule has 4 heterocycles. The molecule has 0 amide bonds. The van der Waals surface area contributed by atoms with Crippen LogP contribution < -0.4 is 9.13 Å². The Morgan fingerprint density at radius 2 is 1.20 bits per heavy atom. The van der Waals surface area contributed by atoms with Crippen molar-refractivity contribution in [3.63, 3.8) is 0 Å². The summed E-state index contributed by atoms with van der Waals surface area (Å²) in [4.78, 5) is 0. The number of hydrogen-bond acceptors (Lipinski definition) is 0. The zero-order valence-electron chi connectivity index (χ0n) is 33.0. The molecular formula is C45H61N5+2. The largest absolute Gasteiger partial charge is 0.369 e. The minimum atomic E-state index is 1.02. The maximum absolute atomic E-state index is 4.13. The summed E-state index contributed by atoms with van der Waals surface area (Å²) in [6, 6.07) is 27.9. The van der Waals surface area contributed by atoms with Crippen LogP contribution in [0.1, 0.15) is 67.9 Å². The summed E-state index contributed by atoms with van der Waals surface area (Å²) in [5.74, 6) is 1.16. The number of allylic oxidation sites excluding steroid dienone is 4. The molecule has 0 bridgehead atoms. The van der Waals surface area contributed by atoms with E-state index >= 15 is 0 Å². The van der Waals surface area contributed by atoms with Crippen molar-refractivity contribution in [2.75, 3.05) is 0 Å². The fourth-order valence-electron chi connectivity index (χ4n) is 6.16. The Bertz CT molecular complexity index is 2160. The predicted molar refractivity (Wildman–Crippen MR) is 221 cm³/mol. The molecule has 0 fully saturated rings. The maximum Gasteiger partial charge on any atom is 0.369 e. The molecule has 0 atom stereocenters. The van der Waals surface area contributed by atoms with E-state index in [1.165, 1.54) is 43.7 Å². The normalized spacial score (nSPS) is 10.4. The van der Waals surface area contributed by atoms with Crippen LogP contribution in [0.25, 0.3) is 55.4 Å². The summed E-state index contributed by atoms with van der Waals surface area (Å²) in [6.45, 7) is 28.2. The molecule has 0 saturated carbocycles. The van der Waals surface area contributed by atoms with Crippen molar-refractivity contribution in [1.82, 2.24) is 13.7 Å². The lowest BCUT2D eigenvalue weighted by Crippen LogP contribution is -2.32. The molecule has 3 aromatic carbocycles. The highest BCUT2D eigenvalue weighted by Gasteiger charge is 2.24. The molecule has 0 radical (unpaired) electrons. The smallest absolute Gasteiger partial charge is 0.237 e. The maximum atomic E-state index is 4.13. The van der Waals surface area contributed by atoms with Crippen LogP contribution in [0.4, 0.5) is 0 Å². The second-order valence-corrected chi connectivity index (χ2v) is 10.9. The SMILES string of the molecule is C=C/C=C(\C(=C)C)n1c2ccccc2c2ccc[n+](C)c21.CC.CC.CC.CC.Cc1cccc2c3ccccc3n(-c3n(C)cc[n+]3C)c12. The number of para-hydroxylation sites is 3. The lowest BCUT2D eigenvalue weighted by Gasteiger charge is -2.06. The van der Waals surface area contributed by atoms with Crippen molar-refractivity contribution in [2.24, 2.45) is 21.1 Å². The van der Waals surface area contributed by atoms with E-state index in [9.17, 15) is 0 Å². The van der Waals surface area contributed by atoms with E-state index in [-0.39, 0.29) is 0 Å². The van der Waals surface area contributed by atoms with Gasteiger partial charge in [-0.1, -0.05) is 123 Å². The molecule has 0 N–H and O–H groups in total. The highest BCUT2D eigenvalue weighted by Crippen LogP contribution is 2.33. The number of hydrogen-bond donors (Lipinski definition) is 0. The Kier molecular flexibility index (Phi) is 16.2. The first-order valence-corrected chi connectivity index (χ1v) is 18.2. The number of aromatic nitrogens is 5. The van der Waals surface area contributed by atoms with Crippen LogP contribution in [-0.4, -0.2) is 13.7 Å². The van der Waals surface area contributed by atoms with Gasteiger partial charge in [0.1, 0.15) is 22.2 Å². The van der Waals surface area contributed by atoms with Crippen LogP contribution >= 0.6 is 0 Å². The molecule has 7 aromatic rings. The summed E-state index contributed by atoms with van der Waals surface area (Å²) in [5.41, 5.74) is 8.26. The van der Waals surface area contributed by atoms with Crippen LogP contribution in [0.3, 0.4) is 0 Å². The van der Waals surface area contributed by atoms with E-state index < -0.39 is 0 Å². The summed E-state index contributed by atoms with van der Waals surface area (Å²) >= 11 is 0. The Balaban J connectivity index is 0.000000290. The van der Waals surface area contributed by atoms with Crippen molar-refractivity contribution >= 4 is 49.4 Å². The van der Waals surface area contributed by atoms with Crippen molar-refractivity contribution < 1.29 is 9.13 Å². The van der Waals surface area contributed by atoms with Crippen molar-refractivity contribution in [2.45, 2.75) is 69.2 Å². The second-order valence-electron chi connectivity index (χ2n) is 10.9. The minimum absolute atomic E-state index is 1.02. The van der Waals surface area contributed by atoms with E-state index in [1.54, 1.807) is 0 Å². The summed E-state index contributed by atoms with van der Waals surface area (Å²) < 4.78 is 11.1. The summed E-state index contributed by atoms with van der Waals surface area (Å²) in [7, 11) is 6.25. The van der Waals surface area contributed by atoms with Crippen LogP contribution in [0, 0.1) is 6.92 Å². The van der Waals surface area contributed by atoms with Crippen molar-refractivity contribution in [1.29, 1.82) is 0 Å². The Morgan fingerprint density at radius 1 is 0.660 bits per heavy atom. The van der Waals surface area contributed by atoms with Gasteiger partial charge in [0.2, 0.25) is 0 Å². The van der Waals surface area contributed by atoms with Crippen LogP contribution in [0.5, 0.6) is 0 Å². The number of imidazole rings is 1. The van der Waals surface area contributed by atoms with E-state index in [0.29, 0.717) is 0 Å². The molecule has 4 aromatic heterocycles. The van der Waals surface area contributed by atoms with Gasteiger partial charge in [-0.25, -0.2) is 13.7 Å². The van der Waals surface area contributed by atoms with Gasteiger partial charge in [0.25, 0.3) is 5.65 Å². The van der Waals surface area contributed by atoms with Gasteiger partial charge >= 0.3 is 5.95 Å². The first kappa shape index (κ1) is 41.0. The van der Waals surface area contributed by atoms with Gasteiger partial charge in [-0.05, 0) is 61.4 Å². The van der Waals surface area contributed by atoms with E-state index in [1.807, 2.05) is 74.5 Å². The van der Waals surface area contributed by atoms with Gasteiger partial charge in [0.15, 0.2) is 0 Å². The summed E-state index contributed by atoms with van der Waals surface area (Å²) in [5, 5.41) is 5.11. The summed E-state index contributed by atoms with van der Waals surface area (Å²) in [6.07, 6.45) is 10.1. The zero-order valence-corrected chi connectivity index (χ0v) is 33.0. The van der Waals surface area contributed by atoms with Crippen LogP contribution in [-0.2, 0) is 21.1 Å². The Labute approximate surface area is 301 Å². The monoisotopic (exact) mass is 671 g/mol. The number of rotatable bonds is 4. The van der Waals surface area contributed by atoms with Gasteiger partial charge in [-0.15, -0.1) is 0 Å². The first-order valence-electron chi connectivity index (χ1n) is 18.2. The van der Waals surface area contributed by atoms with Crippen molar-refractivity contribution in [3.8, 4) is 5.95 Å². The highest BCUT2D eigenvalue weighted by atomic mass is 15.3. The topological polar surface area (TPSA) is 22.5 Å². The molecule has 264 valence electrons. The molecule has 0 saturated heterocycles. The molecule has 50 heavy (non-hydrogen) atoms. The molecule has 0 unspecified atom stereocenters. The molecule has 5 nitrogen and oxygen atoms in total. The average Bonchev–Trinajstić information content (AvgIpc) is 3.80. The van der Waals surface area contributed by atoms with Gasteiger partial charge in [-0.2, -0.15) is 9.13 Å². The molecule has 0 aliphatic rings. The molecule has 0 spiro atoms. The average molecular weight is 672 g/mol. The highest BCUT2D eigenvalue weighted by molar-refractivity contribution is 6.10. The van der Waals surface area contributed by atoms with Gasteiger partial charge in [0.05, 0.1) is 45.1 Å². The standard InChI is InChI=1S/C19H19N2.C18H18N3.4C2H6/c1-5-9-17(14(2)3)21-18-12-7-6-10-15(18)16-11-8-13-20(4)19(16)21;1-13-7-6-9-15-14-8-4-5-10-16(14)21(17(13)15)18-19(2)11-12-20(18)3;4*1-2/h5-13H,1-2H2,3-4H3;4-12H,1-3H3;4*1-2H3/q2*+1;;;;/b17-9+;;;;;. The van der Waals surface area contributed by atoms with E-state index in [4.69, 9.17) is 0 Å². The Morgan fingerprint density at radius 3 is 1.76 bits per heavy atom. The van der Waals surface area contributed by atoms with Crippen LogP contribution in [0.2, 0.25) is 0 Å². The molecule has 7 rings (SSSR count). The zero-order chi connectivity index (χ0) is 37.5. The number of nitrogens with zero attached hydrogens (tertiary/aromatic N) is 5. The quantitative estimate of drug-likeness (QED) is 0.131. The molecule has 5 heteroatoms. The van der Waals surface area contributed by atoms with Crippen molar-refractivity contribution in [3.05, 3.63) is 134 Å². The van der Waals surface area contributed by atoms with Gasteiger partial charge in [-0.3, -0.25) is 0 Å². The third kappa shape index (κ3) is 8.00. The van der Waals surface area contributed by atoms with Gasteiger partial charge in [0, 0.05) is 16.2 Å². The molecular weight excluding hydrogens is 611 g/mol. The number of fused-ring (bicyclic) bond motifs is 6. The lowest BCUT2D eigenvalue weighted by molar-refractivity contribution is -0.664. The lowest BCUT2D eigenvalue weighted by atomic mass is 10.1. The van der Waals surface area contributed by atoms with Gasteiger partial charge < -0.3 is 0 Å². The predicted octanol–water partition coefficient (Wildman–Crippen LogP) is 11.6. The first-order chi connectivity index (χ1) is 24.3. The fourth-order valence-corrected chi connectivity index (χ4v) is 6.16. The van der Waals surface area contributed by atoms with E-state index in [0.717, 1.165) is 22.9 Å². The fraction of sp³-hybridized carbons (Fsp3) is 0.289. The van der Waals surface area contributed by atoms with Crippen LogP contribution in [0.15, 0.2) is 128 Å². The third-order valence-corrected chi connectivity index (χ3v) is 7.99. The number of aryl methyl sites for hydroxylation is 4. The Hall–Kier alpha value is -5.16.